The van der Waals surface area contributed by atoms with Crippen LogP contribution >= 0.6 is 0 Å². The standard InChI is InChI=1S/C17H16N4O3S/c22-17(15-7-1-4-12-11-18-20-16(12)15)19-13-5-2-6-14(10-13)21-8-3-9-25(21,23)24/h1-2,4-7,10-11H,3,8-9H2,(H,18,20)(H,19,22). The lowest BCUT2D eigenvalue weighted by atomic mass is 10.1. The summed E-state index contributed by atoms with van der Waals surface area (Å²) < 4.78 is 25.5. The first-order valence-electron chi connectivity index (χ1n) is 7.88. The van der Waals surface area contributed by atoms with Crippen molar-refractivity contribution in [3.8, 4) is 0 Å². The van der Waals surface area contributed by atoms with Gasteiger partial charge in [-0.2, -0.15) is 5.10 Å². The number of hydrogen-bond acceptors (Lipinski definition) is 4. The molecule has 0 spiro atoms. The molecule has 7 nitrogen and oxygen atoms in total. The monoisotopic (exact) mass is 356 g/mol. The van der Waals surface area contributed by atoms with Gasteiger partial charge in [0.15, 0.2) is 0 Å². The average Bonchev–Trinajstić information content (AvgIpc) is 3.20. The van der Waals surface area contributed by atoms with Crippen LogP contribution < -0.4 is 9.62 Å². The molecule has 25 heavy (non-hydrogen) atoms. The molecule has 8 heteroatoms. The summed E-state index contributed by atoms with van der Waals surface area (Å²) in [6.07, 6.45) is 2.27. The molecule has 0 radical (unpaired) electrons. The maximum atomic E-state index is 12.6. The molecule has 0 bridgehead atoms. The highest BCUT2D eigenvalue weighted by molar-refractivity contribution is 7.93. The summed E-state index contributed by atoms with van der Waals surface area (Å²) >= 11 is 0. The molecule has 1 aliphatic rings. The Morgan fingerprint density at radius 3 is 2.84 bits per heavy atom. The molecule has 0 saturated carbocycles. The Hall–Kier alpha value is -2.87. The fourth-order valence-electron chi connectivity index (χ4n) is 3.02. The number of hydrogen-bond donors (Lipinski definition) is 2. The zero-order valence-electron chi connectivity index (χ0n) is 13.3. The average molecular weight is 356 g/mol. The SMILES string of the molecule is O=C(Nc1cccc(N2CCCS2(=O)=O)c1)c1cccc2cn[nH]c12. The van der Waals surface area contributed by atoms with Crippen molar-refractivity contribution in [3.63, 3.8) is 0 Å². The molecule has 2 heterocycles. The van der Waals surface area contributed by atoms with Crippen LogP contribution in [0, 0.1) is 0 Å². The van der Waals surface area contributed by atoms with E-state index in [0.717, 1.165) is 5.39 Å². The number of carbonyl (C=O) groups excluding carboxylic acids is 1. The highest BCUT2D eigenvalue weighted by Gasteiger charge is 2.28. The quantitative estimate of drug-likeness (QED) is 0.753. The molecule has 3 aromatic rings. The van der Waals surface area contributed by atoms with Crippen molar-refractivity contribution in [3.05, 3.63) is 54.2 Å². The van der Waals surface area contributed by atoms with Crippen molar-refractivity contribution in [2.45, 2.75) is 6.42 Å². The second kappa shape index (κ2) is 5.89. The summed E-state index contributed by atoms with van der Waals surface area (Å²) in [5, 5.41) is 10.5. The van der Waals surface area contributed by atoms with E-state index in [1.165, 1.54) is 4.31 Å². The minimum Gasteiger partial charge on any atom is -0.322 e. The lowest BCUT2D eigenvalue weighted by molar-refractivity contribution is 0.102. The lowest BCUT2D eigenvalue weighted by Gasteiger charge is -2.17. The fourth-order valence-corrected chi connectivity index (χ4v) is 4.58. The Bertz CT molecular complexity index is 1060. The number of nitrogens with one attached hydrogen (secondary N) is 2. The van der Waals surface area contributed by atoms with Gasteiger partial charge in [0.05, 0.1) is 28.7 Å². The van der Waals surface area contributed by atoms with Crippen LogP contribution in [0.25, 0.3) is 10.9 Å². The number of carbonyl (C=O) groups is 1. The largest absolute Gasteiger partial charge is 0.322 e. The minimum absolute atomic E-state index is 0.158. The second-order valence-corrected chi connectivity index (χ2v) is 7.90. The molecule has 1 fully saturated rings. The predicted molar refractivity (Wildman–Crippen MR) is 96.2 cm³/mol. The molecule has 2 aromatic carbocycles. The van der Waals surface area contributed by atoms with Crippen LogP contribution in [0.1, 0.15) is 16.8 Å². The predicted octanol–water partition coefficient (Wildman–Crippen LogP) is 2.36. The van der Waals surface area contributed by atoms with Gasteiger partial charge < -0.3 is 5.32 Å². The molecular formula is C17H16N4O3S. The molecule has 128 valence electrons. The Morgan fingerprint density at radius 2 is 2.04 bits per heavy atom. The smallest absolute Gasteiger partial charge is 0.257 e. The number of aromatic amines is 1. The van der Waals surface area contributed by atoms with Gasteiger partial charge in [0.25, 0.3) is 5.91 Å². The van der Waals surface area contributed by atoms with Crippen LogP contribution in [-0.2, 0) is 10.0 Å². The van der Waals surface area contributed by atoms with Crippen LogP contribution in [0.2, 0.25) is 0 Å². The molecular weight excluding hydrogens is 340 g/mol. The number of fused-ring (bicyclic) bond motifs is 1. The number of benzene rings is 2. The Morgan fingerprint density at radius 1 is 1.20 bits per heavy atom. The van der Waals surface area contributed by atoms with Crippen molar-refractivity contribution in [2.24, 2.45) is 0 Å². The summed E-state index contributed by atoms with van der Waals surface area (Å²) in [6.45, 7) is 0.465. The van der Waals surface area contributed by atoms with Crippen LogP contribution in [-0.4, -0.2) is 36.8 Å². The molecule has 0 aliphatic carbocycles. The van der Waals surface area contributed by atoms with Gasteiger partial charge in [0.2, 0.25) is 10.0 Å². The van der Waals surface area contributed by atoms with Gasteiger partial charge >= 0.3 is 0 Å². The van der Waals surface area contributed by atoms with Crippen LogP contribution in [0.4, 0.5) is 11.4 Å². The van der Waals surface area contributed by atoms with Crippen molar-refractivity contribution < 1.29 is 13.2 Å². The first-order valence-corrected chi connectivity index (χ1v) is 9.49. The summed E-state index contributed by atoms with van der Waals surface area (Å²) in [5.74, 6) is -0.123. The molecule has 2 N–H and O–H groups in total. The number of nitrogens with zero attached hydrogens (tertiary/aromatic N) is 2. The van der Waals surface area contributed by atoms with E-state index in [2.05, 4.69) is 15.5 Å². The van der Waals surface area contributed by atoms with Gasteiger partial charge in [-0.05, 0) is 30.7 Å². The van der Waals surface area contributed by atoms with E-state index in [4.69, 9.17) is 0 Å². The van der Waals surface area contributed by atoms with Crippen molar-refractivity contribution in [1.29, 1.82) is 0 Å². The molecule has 1 amide bonds. The molecule has 0 atom stereocenters. The topological polar surface area (TPSA) is 95.2 Å². The molecule has 1 saturated heterocycles. The first kappa shape index (κ1) is 15.6. The zero-order valence-corrected chi connectivity index (χ0v) is 14.1. The Balaban J connectivity index is 1.62. The van der Waals surface area contributed by atoms with Crippen LogP contribution in [0.3, 0.4) is 0 Å². The van der Waals surface area contributed by atoms with E-state index in [-0.39, 0.29) is 11.7 Å². The van der Waals surface area contributed by atoms with Gasteiger partial charge in [-0.3, -0.25) is 14.2 Å². The number of rotatable bonds is 3. The number of para-hydroxylation sites is 1. The van der Waals surface area contributed by atoms with Crippen LogP contribution in [0.5, 0.6) is 0 Å². The Labute approximate surface area is 144 Å². The van der Waals surface area contributed by atoms with Crippen molar-refractivity contribution >= 4 is 38.2 Å². The third-order valence-corrected chi connectivity index (χ3v) is 6.08. The minimum atomic E-state index is -3.25. The van der Waals surface area contributed by atoms with Gasteiger partial charge in [-0.15, -0.1) is 0 Å². The number of anilines is 2. The second-order valence-electron chi connectivity index (χ2n) is 5.89. The van der Waals surface area contributed by atoms with Crippen LogP contribution in [0.15, 0.2) is 48.7 Å². The van der Waals surface area contributed by atoms with E-state index in [1.807, 2.05) is 6.07 Å². The first-order chi connectivity index (χ1) is 12.0. The van der Waals surface area contributed by atoms with Gasteiger partial charge in [0, 0.05) is 17.6 Å². The molecule has 1 aliphatic heterocycles. The third-order valence-electron chi connectivity index (χ3n) is 4.21. The molecule has 1 aromatic heterocycles. The maximum Gasteiger partial charge on any atom is 0.257 e. The molecule has 0 unspecified atom stereocenters. The zero-order chi connectivity index (χ0) is 17.4. The normalized spacial score (nSPS) is 16.2. The van der Waals surface area contributed by atoms with Crippen molar-refractivity contribution in [1.82, 2.24) is 10.2 Å². The van der Waals surface area contributed by atoms with Gasteiger partial charge in [-0.1, -0.05) is 18.2 Å². The highest BCUT2D eigenvalue weighted by atomic mass is 32.2. The van der Waals surface area contributed by atoms with E-state index in [9.17, 15) is 13.2 Å². The van der Waals surface area contributed by atoms with E-state index >= 15 is 0 Å². The number of amides is 1. The van der Waals surface area contributed by atoms with E-state index < -0.39 is 10.0 Å². The van der Waals surface area contributed by atoms with E-state index in [0.29, 0.717) is 35.4 Å². The summed E-state index contributed by atoms with van der Waals surface area (Å²) in [5.41, 5.74) is 2.25. The number of sulfonamides is 1. The Kier molecular flexibility index (Phi) is 3.69. The number of H-pyrrole nitrogens is 1. The maximum absolute atomic E-state index is 12.6. The summed E-state index contributed by atoms with van der Waals surface area (Å²) in [7, 11) is -3.25. The summed E-state index contributed by atoms with van der Waals surface area (Å²) in [4.78, 5) is 12.6. The van der Waals surface area contributed by atoms with Gasteiger partial charge in [0.1, 0.15) is 0 Å². The number of aromatic nitrogens is 2. The highest BCUT2D eigenvalue weighted by Crippen LogP contribution is 2.27. The van der Waals surface area contributed by atoms with E-state index in [1.54, 1.807) is 42.6 Å². The third kappa shape index (κ3) is 2.85. The van der Waals surface area contributed by atoms with Crippen molar-refractivity contribution in [2.75, 3.05) is 21.9 Å². The lowest BCUT2D eigenvalue weighted by Crippen LogP contribution is -2.25. The summed E-state index contributed by atoms with van der Waals surface area (Å²) in [6, 6.07) is 12.2. The molecule has 4 rings (SSSR count). The van der Waals surface area contributed by atoms with Gasteiger partial charge in [-0.25, -0.2) is 8.42 Å². The fraction of sp³-hybridized carbons (Fsp3) is 0.176.